The molecule has 24 heavy (non-hydrogen) atoms. The Morgan fingerprint density at radius 2 is 1.42 bits per heavy atom. The molecule has 0 spiro atoms. The van der Waals surface area contributed by atoms with E-state index in [1.54, 1.807) is 18.2 Å². The lowest BCUT2D eigenvalue weighted by Crippen LogP contribution is -2.17. The van der Waals surface area contributed by atoms with Crippen molar-refractivity contribution in [3.05, 3.63) is 65.7 Å². The van der Waals surface area contributed by atoms with Crippen LogP contribution in [0.1, 0.15) is 28.8 Å². The van der Waals surface area contributed by atoms with E-state index >= 15 is 0 Å². The molecule has 0 amide bonds. The fourth-order valence-corrected chi connectivity index (χ4v) is 2.13. The zero-order valence-electron chi connectivity index (χ0n) is 12.9. The summed E-state index contributed by atoms with van der Waals surface area (Å²) >= 11 is 0. The number of aliphatic hydroxyl groups excluding tert-OH is 1. The predicted molar refractivity (Wildman–Crippen MR) is 89.8 cm³/mol. The zero-order chi connectivity index (χ0) is 17.5. The molecule has 0 saturated carbocycles. The SMILES string of the molecule is O=C(C=Cc1ccc(O)cc1)CC(O)CC(=O)c1ccc(O)cc1. The van der Waals surface area contributed by atoms with Crippen molar-refractivity contribution in [3.8, 4) is 11.5 Å². The number of phenolic OH excluding ortho intramolecular Hbond substituents is 2. The second kappa shape index (κ2) is 8.08. The number of allylic oxidation sites excluding steroid dienone is 1. The van der Waals surface area contributed by atoms with Crippen LogP contribution in [0.25, 0.3) is 6.08 Å². The Labute approximate surface area is 139 Å². The molecule has 2 aromatic carbocycles. The molecule has 0 saturated heterocycles. The first kappa shape index (κ1) is 17.4. The van der Waals surface area contributed by atoms with Gasteiger partial charge in [0.2, 0.25) is 0 Å². The van der Waals surface area contributed by atoms with Crippen molar-refractivity contribution in [2.45, 2.75) is 18.9 Å². The van der Waals surface area contributed by atoms with Crippen molar-refractivity contribution in [1.82, 2.24) is 0 Å². The summed E-state index contributed by atoms with van der Waals surface area (Å²) < 4.78 is 0. The summed E-state index contributed by atoms with van der Waals surface area (Å²) in [4.78, 5) is 23.8. The molecule has 0 aliphatic heterocycles. The van der Waals surface area contributed by atoms with Gasteiger partial charge in [0.05, 0.1) is 6.10 Å². The average Bonchev–Trinajstić information content (AvgIpc) is 2.54. The van der Waals surface area contributed by atoms with E-state index in [4.69, 9.17) is 0 Å². The van der Waals surface area contributed by atoms with Gasteiger partial charge < -0.3 is 15.3 Å². The van der Waals surface area contributed by atoms with Gasteiger partial charge >= 0.3 is 0 Å². The quantitative estimate of drug-likeness (QED) is 0.537. The van der Waals surface area contributed by atoms with E-state index < -0.39 is 6.10 Å². The van der Waals surface area contributed by atoms with Crippen LogP contribution in [-0.4, -0.2) is 33.0 Å². The Morgan fingerprint density at radius 3 is 2.00 bits per heavy atom. The van der Waals surface area contributed by atoms with E-state index in [-0.39, 0.29) is 35.9 Å². The Morgan fingerprint density at radius 1 is 0.875 bits per heavy atom. The van der Waals surface area contributed by atoms with Crippen LogP contribution in [0.4, 0.5) is 0 Å². The highest BCUT2D eigenvalue weighted by Crippen LogP contribution is 2.14. The molecule has 1 atom stereocenters. The number of ketones is 2. The molecule has 0 aliphatic carbocycles. The van der Waals surface area contributed by atoms with Crippen molar-refractivity contribution in [3.63, 3.8) is 0 Å². The third kappa shape index (κ3) is 5.37. The summed E-state index contributed by atoms with van der Waals surface area (Å²) in [7, 11) is 0. The maximum atomic E-state index is 12.0. The lowest BCUT2D eigenvalue weighted by atomic mass is 10.0. The van der Waals surface area contributed by atoms with Crippen molar-refractivity contribution >= 4 is 17.6 Å². The molecular formula is C19H18O5. The average molecular weight is 326 g/mol. The maximum absolute atomic E-state index is 12.0. The number of rotatable bonds is 7. The van der Waals surface area contributed by atoms with E-state index in [9.17, 15) is 24.9 Å². The maximum Gasteiger partial charge on any atom is 0.165 e. The summed E-state index contributed by atoms with van der Waals surface area (Å²) in [5, 5.41) is 28.2. The van der Waals surface area contributed by atoms with Crippen LogP contribution < -0.4 is 0 Å². The molecule has 1 unspecified atom stereocenters. The van der Waals surface area contributed by atoms with Crippen LogP contribution in [0, 0.1) is 0 Å². The van der Waals surface area contributed by atoms with Crippen molar-refractivity contribution in [2.24, 2.45) is 0 Å². The normalized spacial score (nSPS) is 12.2. The number of carbonyl (C=O) groups is 2. The molecule has 0 radical (unpaired) electrons. The second-order valence-electron chi connectivity index (χ2n) is 5.42. The van der Waals surface area contributed by atoms with E-state index in [2.05, 4.69) is 0 Å². The topological polar surface area (TPSA) is 94.8 Å². The summed E-state index contributed by atoms with van der Waals surface area (Å²) in [6.07, 6.45) is 1.53. The van der Waals surface area contributed by atoms with Crippen LogP contribution >= 0.6 is 0 Å². The van der Waals surface area contributed by atoms with Gasteiger partial charge in [-0.2, -0.15) is 0 Å². The monoisotopic (exact) mass is 326 g/mol. The van der Waals surface area contributed by atoms with Gasteiger partial charge in [0, 0.05) is 18.4 Å². The van der Waals surface area contributed by atoms with Crippen LogP contribution in [0.3, 0.4) is 0 Å². The van der Waals surface area contributed by atoms with Gasteiger partial charge in [-0.1, -0.05) is 18.2 Å². The molecule has 124 valence electrons. The third-order valence-corrected chi connectivity index (χ3v) is 3.40. The Hall–Kier alpha value is -2.92. The standard InChI is InChI=1S/C19H18O5/c20-15-6-1-13(2-7-15)3-8-17(22)11-18(23)12-19(24)14-4-9-16(21)10-5-14/h1-10,18,20-21,23H,11-12H2. The highest BCUT2D eigenvalue weighted by molar-refractivity contribution is 5.98. The number of Topliss-reactive ketones (excluding diaryl/α,β-unsaturated/α-hetero) is 1. The zero-order valence-corrected chi connectivity index (χ0v) is 12.9. The predicted octanol–water partition coefficient (Wildman–Crippen LogP) is 2.70. The molecule has 3 N–H and O–H groups in total. The Bertz CT molecular complexity index is 729. The number of carbonyl (C=O) groups excluding carboxylic acids is 2. The Balaban J connectivity index is 1.85. The van der Waals surface area contributed by atoms with Gasteiger partial charge in [-0.25, -0.2) is 0 Å². The Kier molecular flexibility index (Phi) is 5.87. The number of hydrogen-bond acceptors (Lipinski definition) is 5. The number of phenols is 2. The number of aromatic hydroxyl groups is 2. The number of hydrogen-bond donors (Lipinski definition) is 3. The fourth-order valence-electron chi connectivity index (χ4n) is 2.13. The first-order chi connectivity index (χ1) is 11.4. The molecule has 5 heteroatoms. The molecule has 2 aromatic rings. The minimum Gasteiger partial charge on any atom is -0.508 e. The van der Waals surface area contributed by atoms with Crippen LogP contribution in [0.15, 0.2) is 54.6 Å². The third-order valence-electron chi connectivity index (χ3n) is 3.40. The van der Waals surface area contributed by atoms with Gasteiger partial charge in [0.25, 0.3) is 0 Å². The van der Waals surface area contributed by atoms with Gasteiger partial charge in [0.1, 0.15) is 11.5 Å². The van der Waals surface area contributed by atoms with Crippen molar-refractivity contribution < 1.29 is 24.9 Å². The van der Waals surface area contributed by atoms with Crippen LogP contribution in [-0.2, 0) is 4.79 Å². The molecule has 2 rings (SSSR count). The van der Waals surface area contributed by atoms with Gasteiger partial charge in [-0.15, -0.1) is 0 Å². The van der Waals surface area contributed by atoms with Gasteiger partial charge in [-0.3, -0.25) is 9.59 Å². The fraction of sp³-hybridized carbons (Fsp3) is 0.158. The highest BCUT2D eigenvalue weighted by atomic mass is 16.3. The van der Waals surface area contributed by atoms with Crippen molar-refractivity contribution in [2.75, 3.05) is 0 Å². The number of aliphatic hydroxyl groups is 1. The van der Waals surface area contributed by atoms with E-state index in [1.165, 1.54) is 42.5 Å². The first-order valence-electron chi connectivity index (χ1n) is 7.44. The molecule has 5 nitrogen and oxygen atoms in total. The summed E-state index contributed by atoms with van der Waals surface area (Å²) in [5.41, 5.74) is 1.12. The van der Waals surface area contributed by atoms with Gasteiger partial charge in [0.15, 0.2) is 11.6 Å². The van der Waals surface area contributed by atoms with E-state index in [1.807, 2.05) is 0 Å². The van der Waals surface area contributed by atoms with E-state index in [0.717, 1.165) is 5.56 Å². The van der Waals surface area contributed by atoms with Crippen LogP contribution in [0.5, 0.6) is 11.5 Å². The molecule has 0 heterocycles. The molecule has 0 aromatic heterocycles. The first-order valence-corrected chi connectivity index (χ1v) is 7.44. The summed E-state index contributed by atoms with van der Waals surface area (Å²) in [5.74, 6) is -0.393. The molecular weight excluding hydrogens is 308 g/mol. The van der Waals surface area contributed by atoms with Crippen molar-refractivity contribution in [1.29, 1.82) is 0 Å². The van der Waals surface area contributed by atoms with Crippen LogP contribution in [0.2, 0.25) is 0 Å². The molecule has 0 bridgehead atoms. The minimum absolute atomic E-state index is 0.0571. The van der Waals surface area contributed by atoms with Gasteiger partial charge in [-0.05, 0) is 48.0 Å². The molecule has 0 fully saturated rings. The van der Waals surface area contributed by atoms with E-state index in [0.29, 0.717) is 5.56 Å². The smallest absolute Gasteiger partial charge is 0.165 e. The summed E-state index contributed by atoms with van der Waals surface area (Å²) in [6, 6.07) is 12.1. The lowest BCUT2D eigenvalue weighted by molar-refractivity contribution is -0.116. The largest absolute Gasteiger partial charge is 0.508 e. The lowest BCUT2D eigenvalue weighted by Gasteiger charge is -2.08. The second-order valence-corrected chi connectivity index (χ2v) is 5.42. The summed E-state index contributed by atoms with van der Waals surface area (Å²) in [6.45, 7) is 0. The highest BCUT2D eigenvalue weighted by Gasteiger charge is 2.15. The molecule has 0 aliphatic rings. The minimum atomic E-state index is -1.07. The number of benzene rings is 2.